The van der Waals surface area contributed by atoms with Crippen molar-refractivity contribution in [3.05, 3.63) is 0 Å². The van der Waals surface area contributed by atoms with Gasteiger partial charge in [-0.2, -0.15) is 149 Å². The van der Waals surface area contributed by atoms with E-state index < -0.39 is 166 Å². The van der Waals surface area contributed by atoms with Crippen molar-refractivity contribution in [1.82, 2.24) is 0 Å². The van der Waals surface area contributed by atoms with Gasteiger partial charge in [0, 0.05) is 30.8 Å². The Morgan fingerprint density at radius 1 is 0.333 bits per heavy atom. The maximum absolute atomic E-state index is 14.3. The van der Waals surface area contributed by atoms with Gasteiger partial charge in [0.2, 0.25) is 0 Å². The minimum Gasteiger partial charge on any atom is -0.481 e. The molecule has 0 rings (SSSR count). The average Bonchev–Trinajstić information content (AvgIpc) is 3.05. The second kappa shape index (κ2) is 16.8. The molecule has 0 amide bonds. The van der Waals surface area contributed by atoms with Crippen LogP contribution in [0.25, 0.3) is 0 Å². The molecular formula is C25H16F34O2S2. The molecular weight excluding hydrogens is 1040 g/mol. The van der Waals surface area contributed by atoms with E-state index >= 15 is 0 Å². The van der Waals surface area contributed by atoms with E-state index in [4.69, 9.17) is 5.11 Å². The largest absolute Gasteiger partial charge is 0.481 e. The van der Waals surface area contributed by atoms with Gasteiger partial charge in [-0.15, -0.1) is 23.5 Å². The van der Waals surface area contributed by atoms with E-state index in [0.717, 1.165) is 0 Å². The zero-order chi connectivity index (χ0) is 51.7. The van der Waals surface area contributed by atoms with Crippen molar-refractivity contribution in [3.8, 4) is 0 Å². The number of alkyl halides is 34. The SMILES string of the molecule is CC(CCC(=O)O)(SCCC(F)(F)C(F)(F)C(F)(F)C(F)(F)C(F)(F)C(F)(F)C(F)(F)C(F)(F)F)SCCC(F)(F)C(F)(F)C(F)(F)C(F)(F)C(F)(F)C(F)(F)C(F)(F)C(F)(F)F. The third-order valence-electron chi connectivity index (χ3n) is 8.01. The summed E-state index contributed by atoms with van der Waals surface area (Å²) in [5, 5.41) is 8.75. The molecule has 38 heteroatoms. The standard InChI is InChI=1S/C25H16F34O2S2/c1-9(3-2-8(60)61,62-6-4-10(26,27)12(30,31)14(34,35)16(38,39)18(42,43)20(46,47)22(50,51)24(54,55)56)63-7-5-11(28,29)13(32,33)15(36,37)17(40,41)19(44,45)21(48,49)23(52,53)25(57,58)59/h2-7H2,1H3,(H,60,61). The average molecular weight is 1060 g/mol. The molecule has 1 N–H and O–H groups in total. The summed E-state index contributed by atoms with van der Waals surface area (Å²) in [5.74, 6) is -126. The van der Waals surface area contributed by atoms with Crippen LogP contribution in [0.3, 0.4) is 0 Å². The first-order valence-electron chi connectivity index (χ1n) is 14.8. The lowest BCUT2D eigenvalue weighted by atomic mass is 9.88. The zero-order valence-corrected chi connectivity index (χ0v) is 30.4. The summed E-state index contributed by atoms with van der Waals surface area (Å²) in [6.07, 6.45) is -25.6. The summed E-state index contributed by atoms with van der Waals surface area (Å²) >= 11 is -1.53. The first-order chi connectivity index (χ1) is 26.8. The van der Waals surface area contributed by atoms with Gasteiger partial charge < -0.3 is 5.11 Å². The molecule has 0 bridgehead atoms. The molecule has 63 heavy (non-hydrogen) atoms. The van der Waals surface area contributed by atoms with E-state index in [1.165, 1.54) is 0 Å². The summed E-state index contributed by atoms with van der Waals surface area (Å²) in [5.41, 5.74) is 0. The molecule has 0 atom stereocenters. The van der Waals surface area contributed by atoms with E-state index in [1.54, 1.807) is 0 Å². The Kier molecular flexibility index (Phi) is 16.2. The van der Waals surface area contributed by atoms with Crippen LogP contribution in [-0.4, -0.2) is 122 Å². The molecule has 0 radical (unpaired) electrons. The summed E-state index contributed by atoms with van der Waals surface area (Å²) in [4.78, 5) is 10.9. The zero-order valence-electron chi connectivity index (χ0n) is 28.8. The Bertz CT molecular complexity index is 1490. The molecule has 0 fully saturated rings. The number of carbonyl (C=O) groups is 1. The number of halogens is 34. The molecule has 0 saturated heterocycles. The molecule has 0 saturated carbocycles. The van der Waals surface area contributed by atoms with Crippen LogP contribution < -0.4 is 0 Å². The van der Waals surface area contributed by atoms with E-state index in [-0.39, 0.29) is 6.92 Å². The van der Waals surface area contributed by atoms with Crippen LogP contribution in [0.1, 0.15) is 32.6 Å². The minimum atomic E-state index is -9.03. The highest BCUT2D eigenvalue weighted by Crippen LogP contribution is 2.66. The van der Waals surface area contributed by atoms with Crippen LogP contribution >= 0.6 is 23.5 Å². The van der Waals surface area contributed by atoms with E-state index in [2.05, 4.69) is 0 Å². The predicted molar refractivity (Wildman–Crippen MR) is 141 cm³/mol. The second-order valence-corrected chi connectivity index (χ2v) is 16.0. The summed E-state index contributed by atoms with van der Waals surface area (Å²) in [6.45, 7) is 0.246. The van der Waals surface area contributed by atoms with Crippen LogP contribution in [-0.2, 0) is 4.79 Å². The van der Waals surface area contributed by atoms with Crippen molar-refractivity contribution in [1.29, 1.82) is 0 Å². The number of thioether (sulfide) groups is 2. The Balaban J connectivity index is 6.68. The van der Waals surface area contributed by atoms with Gasteiger partial charge in [0.25, 0.3) is 0 Å². The van der Waals surface area contributed by atoms with E-state index in [0.29, 0.717) is 0 Å². The van der Waals surface area contributed by atoms with Gasteiger partial charge in [0.1, 0.15) is 0 Å². The van der Waals surface area contributed by atoms with E-state index in [1.807, 2.05) is 0 Å². The molecule has 0 aromatic carbocycles. The van der Waals surface area contributed by atoms with Crippen molar-refractivity contribution >= 4 is 29.5 Å². The first kappa shape index (κ1) is 60.8. The molecule has 0 unspecified atom stereocenters. The van der Waals surface area contributed by atoms with Gasteiger partial charge in [0.05, 0.1) is 4.08 Å². The molecule has 0 aliphatic heterocycles. The summed E-state index contributed by atoms with van der Waals surface area (Å²) in [6, 6.07) is 0. The molecule has 378 valence electrons. The number of carboxylic acid groups (broad SMARTS) is 1. The van der Waals surface area contributed by atoms with Crippen LogP contribution in [0.5, 0.6) is 0 Å². The highest BCUT2D eigenvalue weighted by Gasteiger charge is 2.97. The van der Waals surface area contributed by atoms with Crippen LogP contribution in [0.2, 0.25) is 0 Å². The third kappa shape index (κ3) is 9.39. The van der Waals surface area contributed by atoms with Crippen LogP contribution in [0.15, 0.2) is 0 Å². The van der Waals surface area contributed by atoms with Crippen LogP contribution in [0, 0.1) is 0 Å². The van der Waals surface area contributed by atoms with Crippen molar-refractivity contribution < 1.29 is 159 Å². The fourth-order valence-corrected chi connectivity index (χ4v) is 6.92. The van der Waals surface area contributed by atoms with Gasteiger partial charge in [0.15, 0.2) is 0 Å². The van der Waals surface area contributed by atoms with Crippen molar-refractivity contribution in [2.24, 2.45) is 0 Å². The molecule has 0 aliphatic rings. The number of aliphatic carboxylic acids is 1. The Morgan fingerprint density at radius 3 is 0.714 bits per heavy atom. The smallest absolute Gasteiger partial charge is 0.460 e. The van der Waals surface area contributed by atoms with Crippen molar-refractivity contribution in [3.63, 3.8) is 0 Å². The van der Waals surface area contributed by atoms with Gasteiger partial charge >= 0.3 is 101 Å². The molecule has 0 spiro atoms. The Labute approximate surface area is 332 Å². The Hall–Kier alpha value is -2.21. The quantitative estimate of drug-likeness (QED) is 0.0817. The fourth-order valence-electron chi connectivity index (χ4n) is 4.02. The topological polar surface area (TPSA) is 37.3 Å². The molecule has 0 aromatic heterocycles. The highest BCUT2D eigenvalue weighted by molar-refractivity contribution is 8.18. The summed E-state index contributed by atoms with van der Waals surface area (Å²) in [7, 11) is 0. The van der Waals surface area contributed by atoms with Crippen molar-refractivity contribution in [2.75, 3.05) is 11.5 Å². The van der Waals surface area contributed by atoms with Crippen molar-refractivity contribution in [2.45, 2.75) is 132 Å². The van der Waals surface area contributed by atoms with Crippen LogP contribution in [0.4, 0.5) is 149 Å². The molecule has 2 nitrogen and oxygen atoms in total. The first-order valence-corrected chi connectivity index (χ1v) is 16.7. The monoisotopic (exact) mass is 1060 g/mol. The number of carboxylic acids is 1. The second-order valence-electron chi connectivity index (χ2n) is 12.5. The predicted octanol–water partition coefficient (Wildman–Crippen LogP) is 13.8. The number of hydrogen-bond acceptors (Lipinski definition) is 3. The Morgan fingerprint density at radius 2 is 0.524 bits per heavy atom. The third-order valence-corrected chi connectivity index (χ3v) is 11.2. The normalized spacial score (nSPS) is 16.5. The van der Waals surface area contributed by atoms with E-state index in [9.17, 15) is 154 Å². The van der Waals surface area contributed by atoms with Gasteiger partial charge in [-0.05, 0) is 13.3 Å². The maximum Gasteiger partial charge on any atom is 0.460 e. The maximum atomic E-state index is 14.3. The molecule has 0 aliphatic carbocycles. The van der Waals surface area contributed by atoms with Gasteiger partial charge in [-0.25, -0.2) is 0 Å². The number of hydrogen-bond donors (Lipinski definition) is 1. The summed E-state index contributed by atoms with van der Waals surface area (Å²) < 4.78 is 456. The van der Waals surface area contributed by atoms with Gasteiger partial charge in [-0.1, -0.05) is 0 Å². The lowest BCUT2D eigenvalue weighted by Crippen LogP contribution is -2.74. The van der Waals surface area contributed by atoms with Gasteiger partial charge in [-0.3, -0.25) is 4.79 Å². The lowest BCUT2D eigenvalue weighted by molar-refractivity contribution is -0.461. The highest BCUT2D eigenvalue weighted by atomic mass is 32.2. The number of rotatable bonds is 23. The lowest BCUT2D eigenvalue weighted by Gasteiger charge is -2.43. The molecule has 0 heterocycles. The minimum absolute atomic E-state index is 0.246. The fraction of sp³-hybridized carbons (Fsp3) is 0.960. The molecule has 0 aromatic rings.